The topological polar surface area (TPSA) is 9.23 Å². The van der Waals surface area contributed by atoms with Gasteiger partial charge in [0.05, 0.1) is 6.10 Å². The molecule has 2 atom stereocenters. The Morgan fingerprint density at radius 2 is 1.03 bits per heavy atom. The first-order valence-corrected chi connectivity index (χ1v) is 7.85. The van der Waals surface area contributed by atoms with E-state index in [0.29, 0.717) is 6.10 Å². The Hall–Kier alpha value is -1.02. The first-order valence-electron chi connectivity index (χ1n) is 7.85. The number of ether oxygens (including phenoxy) is 1. The van der Waals surface area contributed by atoms with Gasteiger partial charge in [0.15, 0.2) is 0 Å². The standard InChI is InChI=1S/C8H16O.C6F14/c1-3-7(2)8-5-4-6-9-8;7-1(8,3(11,12)5(15,16)17)2(9,10)4(13,14)6(18,19)20/h7-8H,3-6H2,1-2H3;. The molecule has 0 amide bonds. The van der Waals surface area contributed by atoms with Gasteiger partial charge in [-0.1, -0.05) is 20.3 Å². The van der Waals surface area contributed by atoms with Crippen LogP contribution < -0.4 is 0 Å². The number of rotatable bonds is 5. The van der Waals surface area contributed by atoms with Gasteiger partial charge in [-0.05, 0) is 18.8 Å². The van der Waals surface area contributed by atoms with E-state index in [1.54, 1.807) is 0 Å². The van der Waals surface area contributed by atoms with Crippen LogP contribution in [0.4, 0.5) is 61.5 Å². The predicted molar refractivity (Wildman–Crippen MR) is 70.3 cm³/mol. The predicted octanol–water partition coefficient (Wildman–Crippen LogP) is 6.86. The molecule has 1 heterocycles. The first kappa shape index (κ1) is 28.0. The van der Waals surface area contributed by atoms with Gasteiger partial charge in [-0.25, -0.2) is 0 Å². The third kappa shape index (κ3) is 5.19. The average molecular weight is 466 g/mol. The van der Waals surface area contributed by atoms with Crippen molar-refractivity contribution in [3.63, 3.8) is 0 Å². The van der Waals surface area contributed by atoms with E-state index in [2.05, 4.69) is 13.8 Å². The zero-order valence-electron chi connectivity index (χ0n) is 14.7. The fourth-order valence-electron chi connectivity index (χ4n) is 2.06. The van der Waals surface area contributed by atoms with E-state index in [9.17, 15) is 61.5 Å². The summed E-state index contributed by atoms with van der Waals surface area (Å²) in [4.78, 5) is 0. The van der Waals surface area contributed by atoms with Crippen LogP contribution in [0.2, 0.25) is 0 Å². The van der Waals surface area contributed by atoms with Gasteiger partial charge in [0.1, 0.15) is 0 Å². The maximum Gasteiger partial charge on any atom is 0.460 e. The lowest BCUT2D eigenvalue weighted by atomic mass is 9.98. The lowest BCUT2D eigenvalue weighted by Crippen LogP contribution is -2.69. The first-order chi connectivity index (χ1) is 12.6. The maximum absolute atomic E-state index is 12.3. The molecule has 1 rings (SSSR count). The summed E-state index contributed by atoms with van der Waals surface area (Å²) in [6, 6.07) is 0. The monoisotopic (exact) mass is 466 g/mol. The Labute approximate surface area is 155 Å². The van der Waals surface area contributed by atoms with Crippen molar-refractivity contribution >= 4 is 0 Å². The third-order valence-corrected chi connectivity index (χ3v) is 4.14. The molecule has 176 valence electrons. The van der Waals surface area contributed by atoms with Crippen LogP contribution in [0, 0.1) is 5.92 Å². The van der Waals surface area contributed by atoms with Crippen LogP contribution in [0.15, 0.2) is 0 Å². The van der Waals surface area contributed by atoms with Crippen LogP contribution in [-0.4, -0.2) is 48.8 Å². The fourth-order valence-corrected chi connectivity index (χ4v) is 2.06. The molecule has 0 bridgehead atoms. The molecule has 0 aliphatic carbocycles. The molecule has 1 aliphatic rings. The zero-order chi connectivity index (χ0) is 23.7. The smallest absolute Gasteiger partial charge is 0.378 e. The van der Waals surface area contributed by atoms with Crippen molar-refractivity contribution in [2.75, 3.05) is 6.61 Å². The molecule has 0 aromatic heterocycles. The van der Waals surface area contributed by atoms with Crippen LogP contribution >= 0.6 is 0 Å². The van der Waals surface area contributed by atoms with Gasteiger partial charge in [0.2, 0.25) is 0 Å². The summed E-state index contributed by atoms with van der Waals surface area (Å²) in [7, 11) is 0. The van der Waals surface area contributed by atoms with E-state index >= 15 is 0 Å². The zero-order valence-corrected chi connectivity index (χ0v) is 14.7. The molecule has 2 unspecified atom stereocenters. The largest absolute Gasteiger partial charge is 0.460 e. The van der Waals surface area contributed by atoms with Gasteiger partial charge in [-0.15, -0.1) is 0 Å². The molecular formula is C14H16F14O. The average Bonchev–Trinajstić information content (AvgIpc) is 3.06. The van der Waals surface area contributed by atoms with E-state index in [1.165, 1.54) is 19.3 Å². The summed E-state index contributed by atoms with van der Waals surface area (Å²) in [5.74, 6) is -31.0. The quantitative estimate of drug-likeness (QED) is 0.402. The second-order valence-corrected chi connectivity index (χ2v) is 6.23. The molecule has 1 saturated heterocycles. The minimum atomic E-state index is -8.04. The van der Waals surface area contributed by atoms with E-state index in [4.69, 9.17) is 4.74 Å². The van der Waals surface area contributed by atoms with Crippen LogP contribution in [0.5, 0.6) is 0 Å². The minimum absolute atomic E-state index is 0.579. The van der Waals surface area contributed by atoms with Gasteiger partial charge >= 0.3 is 36.0 Å². The van der Waals surface area contributed by atoms with Crippen LogP contribution in [0.25, 0.3) is 0 Å². The van der Waals surface area contributed by atoms with Gasteiger partial charge in [-0.2, -0.15) is 61.5 Å². The van der Waals surface area contributed by atoms with Crippen LogP contribution in [0.3, 0.4) is 0 Å². The lowest BCUT2D eigenvalue weighted by molar-refractivity contribution is -0.451. The molecule has 0 saturated carbocycles. The summed E-state index contributed by atoms with van der Waals surface area (Å²) >= 11 is 0. The molecule has 1 nitrogen and oxygen atoms in total. The molecule has 0 aromatic carbocycles. The Balaban J connectivity index is 0.000000717. The summed E-state index contributed by atoms with van der Waals surface area (Å²) < 4.78 is 172. The summed E-state index contributed by atoms with van der Waals surface area (Å²) in [5.41, 5.74) is 0. The molecule has 15 heteroatoms. The Morgan fingerprint density at radius 1 is 0.690 bits per heavy atom. The summed E-state index contributed by atoms with van der Waals surface area (Å²) in [5, 5.41) is 0. The molecule has 0 radical (unpaired) electrons. The van der Waals surface area contributed by atoms with E-state index in [-0.39, 0.29) is 0 Å². The number of halogens is 14. The van der Waals surface area contributed by atoms with Crippen molar-refractivity contribution in [3.8, 4) is 0 Å². The van der Waals surface area contributed by atoms with Crippen molar-refractivity contribution in [2.24, 2.45) is 5.92 Å². The van der Waals surface area contributed by atoms with Crippen molar-refractivity contribution in [2.45, 2.75) is 75.3 Å². The second-order valence-electron chi connectivity index (χ2n) is 6.23. The van der Waals surface area contributed by atoms with E-state index < -0.39 is 36.0 Å². The lowest BCUT2D eigenvalue weighted by Gasteiger charge is -2.37. The number of hydrogen-bond acceptors (Lipinski definition) is 1. The molecular weight excluding hydrogens is 450 g/mol. The summed E-state index contributed by atoms with van der Waals surface area (Å²) in [6.07, 6.45) is -10.6. The highest BCUT2D eigenvalue weighted by Gasteiger charge is 2.91. The van der Waals surface area contributed by atoms with Gasteiger partial charge in [0.25, 0.3) is 0 Å². The van der Waals surface area contributed by atoms with Crippen molar-refractivity contribution in [1.29, 1.82) is 0 Å². The highest BCUT2D eigenvalue weighted by atomic mass is 19.4. The highest BCUT2D eigenvalue weighted by molar-refractivity contribution is 5.08. The van der Waals surface area contributed by atoms with Crippen LogP contribution in [-0.2, 0) is 4.74 Å². The number of hydrogen-bond donors (Lipinski definition) is 0. The Bertz CT molecular complexity index is 479. The van der Waals surface area contributed by atoms with Crippen LogP contribution in [0.1, 0.15) is 33.1 Å². The molecule has 0 aromatic rings. The van der Waals surface area contributed by atoms with Crippen molar-refractivity contribution in [3.05, 3.63) is 0 Å². The van der Waals surface area contributed by atoms with Crippen molar-refractivity contribution in [1.82, 2.24) is 0 Å². The molecule has 0 N–H and O–H groups in total. The minimum Gasteiger partial charge on any atom is -0.378 e. The Morgan fingerprint density at radius 3 is 1.24 bits per heavy atom. The van der Waals surface area contributed by atoms with Gasteiger partial charge in [-0.3, -0.25) is 0 Å². The second kappa shape index (κ2) is 8.61. The fraction of sp³-hybridized carbons (Fsp3) is 1.00. The third-order valence-electron chi connectivity index (χ3n) is 4.14. The molecule has 1 fully saturated rings. The highest BCUT2D eigenvalue weighted by Crippen LogP contribution is 2.60. The molecule has 1 aliphatic heterocycles. The van der Waals surface area contributed by atoms with Gasteiger partial charge < -0.3 is 4.74 Å². The Kier molecular flexibility index (Phi) is 8.31. The molecule has 29 heavy (non-hydrogen) atoms. The normalized spacial score (nSPS) is 20.9. The van der Waals surface area contributed by atoms with E-state index in [1.807, 2.05) is 0 Å². The SMILES string of the molecule is CCC(C)C1CCCO1.FC(F)(F)C(F)(F)C(F)(F)C(F)(F)C(F)(F)C(F)(F)F. The maximum atomic E-state index is 12.3. The summed E-state index contributed by atoms with van der Waals surface area (Å²) in [6.45, 7) is 5.50. The van der Waals surface area contributed by atoms with Gasteiger partial charge in [0, 0.05) is 6.61 Å². The molecule has 0 spiro atoms. The van der Waals surface area contributed by atoms with E-state index in [0.717, 1.165) is 12.5 Å². The van der Waals surface area contributed by atoms with Crippen molar-refractivity contribution < 1.29 is 66.2 Å². The number of alkyl halides is 14.